The molecular formula is C19H27N7S. The number of piperidine rings is 1. The van der Waals surface area contributed by atoms with Crippen LogP contribution in [0.5, 0.6) is 0 Å². The van der Waals surface area contributed by atoms with E-state index in [4.69, 9.17) is 4.98 Å². The molecule has 2 aliphatic carbocycles. The van der Waals surface area contributed by atoms with E-state index in [1.165, 1.54) is 25.7 Å². The fourth-order valence-electron chi connectivity index (χ4n) is 3.95. The maximum absolute atomic E-state index is 4.80. The zero-order valence-electron chi connectivity index (χ0n) is 16.1. The molecule has 144 valence electrons. The summed E-state index contributed by atoms with van der Waals surface area (Å²) in [6.45, 7) is 2.11. The average molecular weight is 386 g/mol. The number of hydrogen-bond acceptors (Lipinski definition) is 8. The molecule has 3 aliphatic rings. The largest absolute Gasteiger partial charge is 0.363 e. The van der Waals surface area contributed by atoms with Crippen molar-refractivity contribution in [3.05, 3.63) is 18.2 Å². The van der Waals surface area contributed by atoms with E-state index in [1.807, 2.05) is 19.0 Å². The Balaban J connectivity index is 1.28. The first kappa shape index (κ1) is 17.2. The van der Waals surface area contributed by atoms with Crippen molar-refractivity contribution >= 4 is 28.3 Å². The first-order valence-corrected chi connectivity index (χ1v) is 10.8. The van der Waals surface area contributed by atoms with Gasteiger partial charge in [-0.25, -0.2) is 15.0 Å². The van der Waals surface area contributed by atoms with E-state index in [2.05, 4.69) is 30.2 Å². The lowest BCUT2D eigenvalue weighted by Gasteiger charge is -2.39. The van der Waals surface area contributed by atoms with Crippen LogP contribution in [0, 0.1) is 0 Å². The smallest absolute Gasteiger partial charge is 0.205 e. The molecule has 1 saturated heterocycles. The highest BCUT2D eigenvalue weighted by Gasteiger charge is 2.37. The van der Waals surface area contributed by atoms with E-state index in [0.29, 0.717) is 18.0 Å². The molecule has 27 heavy (non-hydrogen) atoms. The SMILES string of the molecule is CN(C)c1cc(N(C2CC2)C2CCN(c3nc(C4CC4)ns3)CC2)ncn1. The van der Waals surface area contributed by atoms with Crippen LogP contribution < -0.4 is 14.7 Å². The number of nitrogens with zero attached hydrogens (tertiary/aromatic N) is 7. The number of rotatable bonds is 6. The summed E-state index contributed by atoms with van der Waals surface area (Å²) in [7, 11) is 4.06. The molecule has 0 spiro atoms. The number of aromatic nitrogens is 4. The van der Waals surface area contributed by atoms with Crippen LogP contribution in [0.1, 0.15) is 50.3 Å². The minimum Gasteiger partial charge on any atom is -0.363 e. The van der Waals surface area contributed by atoms with Crippen LogP contribution in [0.2, 0.25) is 0 Å². The van der Waals surface area contributed by atoms with E-state index in [-0.39, 0.29) is 0 Å². The molecule has 1 aliphatic heterocycles. The van der Waals surface area contributed by atoms with Crippen molar-refractivity contribution in [3.8, 4) is 0 Å². The monoisotopic (exact) mass is 385 g/mol. The predicted molar refractivity (Wildman–Crippen MR) is 109 cm³/mol. The van der Waals surface area contributed by atoms with Gasteiger partial charge in [-0.15, -0.1) is 0 Å². The second-order valence-corrected chi connectivity index (χ2v) is 8.93. The maximum atomic E-state index is 4.80. The first-order valence-electron chi connectivity index (χ1n) is 10.1. The van der Waals surface area contributed by atoms with Crippen LogP contribution in [0.25, 0.3) is 0 Å². The molecule has 2 aromatic rings. The molecule has 5 rings (SSSR count). The molecule has 2 saturated carbocycles. The van der Waals surface area contributed by atoms with E-state index < -0.39 is 0 Å². The lowest BCUT2D eigenvalue weighted by molar-refractivity contribution is 0.459. The van der Waals surface area contributed by atoms with Crippen LogP contribution >= 0.6 is 11.5 Å². The van der Waals surface area contributed by atoms with Crippen LogP contribution in [0.3, 0.4) is 0 Å². The fraction of sp³-hybridized carbons (Fsp3) is 0.684. The van der Waals surface area contributed by atoms with Gasteiger partial charge in [-0.3, -0.25) is 0 Å². The summed E-state index contributed by atoms with van der Waals surface area (Å²) in [5.41, 5.74) is 0. The fourth-order valence-corrected chi connectivity index (χ4v) is 4.74. The van der Waals surface area contributed by atoms with Gasteiger partial charge >= 0.3 is 0 Å². The van der Waals surface area contributed by atoms with Crippen LogP contribution in [-0.4, -0.2) is 58.6 Å². The Labute approximate surface area is 164 Å². The van der Waals surface area contributed by atoms with E-state index in [1.54, 1.807) is 17.9 Å². The molecule has 0 unspecified atom stereocenters. The van der Waals surface area contributed by atoms with E-state index in [0.717, 1.165) is 48.5 Å². The zero-order valence-corrected chi connectivity index (χ0v) is 16.9. The third-order valence-corrected chi connectivity index (χ3v) is 6.59. The topological polar surface area (TPSA) is 61.3 Å². The average Bonchev–Trinajstić information content (AvgIpc) is 3.63. The van der Waals surface area contributed by atoms with E-state index in [9.17, 15) is 0 Å². The molecule has 3 heterocycles. The van der Waals surface area contributed by atoms with Crippen molar-refractivity contribution in [2.24, 2.45) is 0 Å². The minimum absolute atomic E-state index is 0.550. The van der Waals surface area contributed by atoms with Gasteiger partial charge in [0, 0.05) is 62.8 Å². The van der Waals surface area contributed by atoms with Gasteiger partial charge < -0.3 is 14.7 Å². The summed E-state index contributed by atoms with van der Waals surface area (Å²) in [4.78, 5) is 20.8. The summed E-state index contributed by atoms with van der Waals surface area (Å²) in [5.74, 6) is 3.78. The van der Waals surface area contributed by atoms with Gasteiger partial charge in [0.2, 0.25) is 5.13 Å². The molecule has 0 N–H and O–H groups in total. The molecule has 0 bridgehead atoms. The predicted octanol–water partition coefficient (Wildman–Crippen LogP) is 2.91. The quantitative estimate of drug-likeness (QED) is 0.758. The van der Waals surface area contributed by atoms with Crippen LogP contribution in [-0.2, 0) is 0 Å². The van der Waals surface area contributed by atoms with Crippen molar-refractivity contribution in [1.82, 2.24) is 19.3 Å². The molecule has 0 amide bonds. The van der Waals surface area contributed by atoms with Crippen LogP contribution in [0.15, 0.2) is 12.4 Å². The molecule has 3 fully saturated rings. The number of hydrogen-bond donors (Lipinski definition) is 0. The highest BCUT2D eigenvalue weighted by Crippen LogP contribution is 2.40. The molecule has 8 heteroatoms. The van der Waals surface area contributed by atoms with Crippen molar-refractivity contribution in [2.45, 2.75) is 56.5 Å². The standard InChI is InChI=1S/C19H27N7S/c1-24(2)16-11-17(21-12-20-16)26(14-5-6-14)15-7-9-25(10-8-15)19-22-18(23-27-19)13-3-4-13/h11-15H,3-10H2,1-2H3. The Bertz CT molecular complexity index is 791. The second-order valence-electron chi connectivity index (χ2n) is 8.19. The highest BCUT2D eigenvalue weighted by molar-refractivity contribution is 7.09. The van der Waals surface area contributed by atoms with Gasteiger partial charge in [-0.1, -0.05) is 0 Å². The minimum atomic E-state index is 0.550. The Hall–Kier alpha value is -1.96. The normalized spacial score (nSPS) is 20.7. The summed E-state index contributed by atoms with van der Waals surface area (Å²) < 4.78 is 4.58. The van der Waals surface area contributed by atoms with Crippen molar-refractivity contribution < 1.29 is 0 Å². The summed E-state index contributed by atoms with van der Waals surface area (Å²) in [6, 6.07) is 3.33. The van der Waals surface area contributed by atoms with Crippen LogP contribution in [0.4, 0.5) is 16.8 Å². The molecule has 0 atom stereocenters. The Morgan fingerprint density at radius 2 is 1.67 bits per heavy atom. The summed E-state index contributed by atoms with van der Waals surface area (Å²) >= 11 is 1.58. The number of anilines is 3. The molecular weight excluding hydrogens is 358 g/mol. The Kier molecular flexibility index (Phi) is 4.38. The molecule has 2 aromatic heterocycles. The molecule has 0 aromatic carbocycles. The lowest BCUT2D eigenvalue weighted by atomic mass is 10.0. The Morgan fingerprint density at radius 3 is 2.33 bits per heavy atom. The summed E-state index contributed by atoms with van der Waals surface area (Å²) in [6.07, 6.45) is 9.10. The highest BCUT2D eigenvalue weighted by atomic mass is 32.1. The van der Waals surface area contributed by atoms with Gasteiger partial charge in [0.05, 0.1) is 0 Å². The van der Waals surface area contributed by atoms with Gasteiger partial charge in [-0.05, 0) is 38.5 Å². The lowest BCUT2D eigenvalue weighted by Crippen LogP contribution is -2.46. The van der Waals surface area contributed by atoms with Crippen molar-refractivity contribution in [3.63, 3.8) is 0 Å². The maximum Gasteiger partial charge on any atom is 0.205 e. The van der Waals surface area contributed by atoms with Crippen molar-refractivity contribution in [1.29, 1.82) is 0 Å². The molecule has 7 nitrogen and oxygen atoms in total. The Morgan fingerprint density at radius 1 is 0.963 bits per heavy atom. The van der Waals surface area contributed by atoms with E-state index >= 15 is 0 Å². The third kappa shape index (κ3) is 3.59. The van der Waals surface area contributed by atoms with Crippen molar-refractivity contribution in [2.75, 3.05) is 41.9 Å². The second kappa shape index (κ2) is 6.89. The zero-order chi connectivity index (χ0) is 18.4. The summed E-state index contributed by atoms with van der Waals surface area (Å²) in [5, 5.41) is 1.12. The van der Waals surface area contributed by atoms with Gasteiger partial charge in [-0.2, -0.15) is 4.37 Å². The first-order chi connectivity index (χ1) is 13.2. The van der Waals surface area contributed by atoms with Gasteiger partial charge in [0.25, 0.3) is 0 Å². The van der Waals surface area contributed by atoms with Gasteiger partial charge in [0.15, 0.2) is 0 Å². The van der Waals surface area contributed by atoms with Gasteiger partial charge in [0.1, 0.15) is 23.8 Å². The third-order valence-electron chi connectivity index (χ3n) is 5.80. The molecule has 0 radical (unpaired) electrons.